The molecule has 0 fully saturated rings. The van der Waals surface area contributed by atoms with Crippen molar-refractivity contribution in [3.05, 3.63) is 28.8 Å². The summed E-state index contributed by atoms with van der Waals surface area (Å²) in [6.07, 6.45) is 0. The van der Waals surface area contributed by atoms with Gasteiger partial charge in [-0.25, -0.2) is 0 Å². The second-order valence-corrected chi connectivity index (χ2v) is 4.59. The minimum Gasteiger partial charge on any atom is -0.496 e. The molecule has 0 aromatic heterocycles. The van der Waals surface area contributed by atoms with Crippen LogP contribution in [-0.2, 0) is 6.54 Å². The molecule has 1 rings (SSSR count). The molecule has 0 heterocycles. The van der Waals surface area contributed by atoms with E-state index in [0.29, 0.717) is 11.6 Å². The fraction of sp³-hybridized carbons (Fsp3) is 0.500. The fourth-order valence-corrected chi connectivity index (χ4v) is 1.90. The van der Waals surface area contributed by atoms with Crippen LogP contribution in [0.5, 0.6) is 5.75 Å². The van der Waals surface area contributed by atoms with Gasteiger partial charge in [0, 0.05) is 36.3 Å². The van der Waals surface area contributed by atoms with Crippen molar-refractivity contribution < 1.29 is 4.74 Å². The van der Waals surface area contributed by atoms with Crippen molar-refractivity contribution in [2.45, 2.75) is 12.6 Å². The first-order valence-electron chi connectivity index (χ1n) is 5.53. The maximum absolute atomic E-state index is 5.97. The summed E-state index contributed by atoms with van der Waals surface area (Å²) in [5.41, 5.74) is 12.3. The average Bonchev–Trinajstić information content (AvgIpc) is 2.29. The third-order valence-electron chi connectivity index (χ3n) is 2.53. The average molecular weight is 258 g/mol. The highest BCUT2D eigenvalue weighted by molar-refractivity contribution is 6.30. The number of rotatable bonds is 6. The number of ether oxygens (including phenoxy) is 1. The van der Waals surface area contributed by atoms with Crippen molar-refractivity contribution in [2.75, 3.05) is 27.2 Å². The SMILES string of the molecule is COc1ccc(Cl)cc1CN(C)CC(N)CN. The third-order valence-corrected chi connectivity index (χ3v) is 2.77. The van der Waals surface area contributed by atoms with Gasteiger partial charge in [-0.3, -0.25) is 0 Å². The van der Waals surface area contributed by atoms with E-state index in [9.17, 15) is 0 Å². The van der Waals surface area contributed by atoms with E-state index in [1.54, 1.807) is 7.11 Å². The number of hydrogen-bond donors (Lipinski definition) is 2. The van der Waals surface area contributed by atoms with E-state index in [0.717, 1.165) is 24.4 Å². The lowest BCUT2D eigenvalue weighted by molar-refractivity contribution is 0.298. The number of benzene rings is 1. The zero-order valence-corrected chi connectivity index (χ0v) is 11.1. The Bertz CT molecular complexity index is 360. The highest BCUT2D eigenvalue weighted by atomic mass is 35.5. The lowest BCUT2D eigenvalue weighted by Gasteiger charge is -2.21. The molecule has 0 saturated carbocycles. The lowest BCUT2D eigenvalue weighted by atomic mass is 10.2. The summed E-state index contributed by atoms with van der Waals surface area (Å²) in [7, 11) is 3.65. The maximum Gasteiger partial charge on any atom is 0.123 e. The third kappa shape index (κ3) is 4.52. The number of likely N-dealkylation sites (N-methyl/N-ethyl adjacent to an activating group) is 1. The summed E-state index contributed by atoms with van der Waals surface area (Å²) >= 11 is 5.97. The molecule has 1 unspecified atom stereocenters. The number of halogens is 1. The Morgan fingerprint density at radius 3 is 2.76 bits per heavy atom. The van der Waals surface area contributed by atoms with Crippen LogP contribution in [0.25, 0.3) is 0 Å². The van der Waals surface area contributed by atoms with Crippen molar-refractivity contribution in [1.29, 1.82) is 0 Å². The number of hydrogen-bond acceptors (Lipinski definition) is 4. The standard InChI is InChI=1S/C12H20ClN3O/c1-16(8-11(15)6-14)7-9-5-10(13)3-4-12(9)17-2/h3-5,11H,6-8,14-15H2,1-2H3. The highest BCUT2D eigenvalue weighted by Crippen LogP contribution is 2.23. The van der Waals surface area contributed by atoms with E-state index in [-0.39, 0.29) is 6.04 Å². The van der Waals surface area contributed by atoms with Crippen LogP contribution in [0.15, 0.2) is 18.2 Å². The Labute approximate surface area is 107 Å². The predicted octanol–water partition coefficient (Wildman–Crippen LogP) is 1.07. The maximum atomic E-state index is 5.97. The van der Waals surface area contributed by atoms with Crippen LogP contribution in [0.2, 0.25) is 5.02 Å². The van der Waals surface area contributed by atoms with Crippen LogP contribution in [0.3, 0.4) is 0 Å². The summed E-state index contributed by atoms with van der Waals surface area (Å²) in [5.74, 6) is 0.836. The Hall–Kier alpha value is -0.810. The quantitative estimate of drug-likeness (QED) is 0.800. The van der Waals surface area contributed by atoms with E-state index in [1.165, 1.54) is 0 Å². The largest absolute Gasteiger partial charge is 0.496 e. The molecule has 0 radical (unpaired) electrons. The van der Waals surface area contributed by atoms with Gasteiger partial charge in [-0.2, -0.15) is 0 Å². The van der Waals surface area contributed by atoms with Crippen LogP contribution < -0.4 is 16.2 Å². The van der Waals surface area contributed by atoms with Crippen molar-refractivity contribution >= 4 is 11.6 Å². The Morgan fingerprint density at radius 2 is 2.18 bits per heavy atom. The summed E-state index contributed by atoms with van der Waals surface area (Å²) in [5, 5.41) is 0.706. The molecule has 0 aliphatic carbocycles. The summed E-state index contributed by atoms with van der Waals surface area (Å²) in [4.78, 5) is 2.10. The Kier molecular flexibility index (Phi) is 5.71. The zero-order chi connectivity index (χ0) is 12.8. The molecule has 1 aromatic rings. The van der Waals surface area contributed by atoms with E-state index >= 15 is 0 Å². The molecule has 1 atom stereocenters. The fourth-order valence-electron chi connectivity index (χ4n) is 1.70. The number of nitrogens with zero attached hydrogens (tertiary/aromatic N) is 1. The lowest BCUT2D eigenvalue weighted by Crippen LogP contribution is -2.40. The second-order valence-electron chi connectivity index (χ2n) is 4.15. The molecular formula is C12H20ClN3O. The van der Waals surface area contributed by atoms with Crippen molar-refractivity contribution in [3.63, 3.8) is 0 Å². The molecular weight excluding hydrogens is 238 g/mol. The van der Waals surface area contributed by atoms with Crippen molar-refractivity contribution in [3.8, 4) is 5.75 Å². The molecule has 96 valence electrons. The zero-order valence-electron chi connectivity index (χ0n) is 10.3. The first-order chi connectivity index (χ1) is 8.06. The first-order valence-corrected chi connectivity index (χ1v) is 5.91. The first kappa shape index (κ1) is 14.3. The molecule has 17 heavy (non-hydrogen) atoms. The molecule has 0 saturated heterocycles. The molecule has 0 amide bonds. The molecule has 5 heteroatoms. The molecule has 0 aliphatic heterocycles. The van der Waals surface area contributed by atoms with Crippen LogP contribution in [0.1, 0.15) is 5.56 Å². The number of methoxy groups -OCH3 is 1. The summed E-state index contributed by atoms with van der Waals surface area (Å²) in [6, 6.07) is 5.58. The minimum absolute atomic E-state index is 0.00909. The molecule has 0 bridgehead atoms. The number of nitrogens with two attached hydrogens (primary N) is 2. The molecule has 0 aliphatic rings. The monoisotopic (exact) mass is 257 g/mol. The van der Waals surface area contributed by atoms with Gasteiger partial charge in [-0.1, -0.05) is 11.6 Å². The van der Waals surface area contributed by atoms with Crippen LogP contribution >= 0.6 is 11.6 Å². The smallest absolute Gasteiger partial charge is 0.123 e. The van der Waals surface area contributed by atoms with E-state index in [2.05, 4.69) is 4.90 Å². The van der Waals surface area contributed by atoms with E-state index in [4.69, 9.17) is 27.8 Å². The van der Waals surface area contributed by atoms with Crippen LogP contribution in [0.4, 0.5) is 0 Å². The summed E-state index contributed by atoms with van der Waals surface area (Å²) < 4.78 is 5.29. The molecule has 4 N–H and O–H groups in total. The van der Waals surface area contributed by atoms with Gasteiger partial charge in [-0.05, 0) is 25.2 Å². The van der Waals surface area contributed by atoms with E-state index in [1.807, 2.05) is 25.2 Å². The van der Waals surface area contributed by atoms with E-state index < -0.39 is 0 Å². The van der Waals surface area contributed by atoms with Gasteiger partial charge < -0.3 is 21.1 Å². The van der Waals surface area contributed by atoms with Crippen molar-refractivity contribution in [2.24, 2.45) is 11.5 Å². The van der Waals surface area contributed by atoms with Crippen molar-refractivity contribution in [1.82, 2.24) is 4.90 Å². The normalized spacial score (nSPS) is 12.8. The van der Waals surface area contributed by atoms with Gasteiger partial charge in [0.05, 0.1) is 7.11 Å². The van der Waals surface area contributed by atoms with Gasteiger partial charge in [0.2, 0.25) is 0 Å². The molecule has 1 aromatic carbocycles. The van der Waals surface area contributed by atoms with Gasteiger partial charge in [-0.15, -0.1) is 0 Å². The molecule has 0 spiro atoms. The second kappa shape index (κ2) is 6.81. The highest BCUT2D eigenvalue weighted by Gasteiger charge is 2.09. The topological polar surface area (TPSA) is 64.5 Å². The Balaban J connectivity index is 2.69. The predicted molar refractivity (Wildman–Crippen MR) is 71.4 cm³/mol. The molecule has 4 nitrogen and oxygen atoms in total. The van der Waals surface area contributed by atoms with Gasteiger partial charge in [0.1, 0.15) is 5.75 Å². The van der Waals surface area contributed by atoms with Gasteiger partial charge in [0.25, 0.3) is 0 Å². The van der Waals surface area contributed by atoms with Gasteiger partial charge >= 0.3 is 0 Å². The van der Waals surface area contributed by atoms with Gasteiger partial charge in [0.15, 0.2) is 0 Å². The Morgan fingerprint density at radius 1 is 1.47 bits per heavy atom. The minimum atomic E-state index is -0.00909. The van der Waals surface area contributed by atoms with Crippen LogP contribution in [-0.4, -0.2) is 38.2 Å². The summed E-state index contributed by atoms with van der Waals surface area (Å²) in [6.45, 7) is 1.96. The van der Waals surface area contributed by atoms with Crippen LogP contribution in [0, 0.1) is 0 Å².